The van der Waals surface area contributed by atoms with Crippen LogP contribution in [-0.4, -0.2) is 35.8 Å². The molecule has 0 aromatic rings. The molecule has 1 fully saturated rings. The van der Waals surface area contributed by atoms with Gasteiger partial charge in [-0.1, -0.05) is 6.92 Å². The van der Waals surface area contributed by atoms with Crippen LogP contribution >= 0.6 is 0 Å². The fraction of sp³-hybridized carbons (Fsp3) is 0.800. The third-order valence-corrected chi connectivity index (χ3v) is 2.84. The summed E-state index contributed by atoms with van der Waals surface area (Å²) in [5, 5.41) is 0. The van der Waals surface area contributed by atoms with Gasteiger partial charge in [-0.3, -0.25) is 9.59 Å². The van der Waals surface area contributed by atoms with Crippen LogP contribution in [0.3, 0.4) is 0 Å². The Labute approximate surface area is 89.8 Å². The highest BCUT2D eigenvalue weighted by atomic mass is 16.2. The highest BCUT2D eigenvalue weighted by Crippen LogP contribution is 2.13. The maximum atomic E-state index is 11.8. The van der Waals surface area contributed by atoms with Gasteiger partial charge in [-0.05, 0) is 18.8 Å². The lowest BCUT2D eigenvalue weighted by Crippen LogP contribution is -2.46. The van der Waals surface area contributed by atoms with Gasteiger partial charge in [0, 0.05) is 19.5 Å². The SMILES string of the molecule is CC(CC(N)=O)[C@H](N)C(=O)N1CCCC1. The van der Waals surface area contributed by atoms with Crippen molar-refractivity contribution in [1.29, 1.82) is 0 Å². The van der Waals surface area contributed by atoms with Crippen LogP contribution in [-0.2, 0) is 9.59 Å². The average Bonchev–Trinajstić information content (AvgIpc) is 2.67. The van der Waals surface area contributed by atoms with E-state index in [1.54, 1.807) is 11.8 Å². The van der Waals surface area contributed by atoms with E-state index >= 15 is 0 Å². The third-order valence-electron chi connectivity index (χ3n) is 2.84. The van der Waals surface area contributed by atoms with Crippen molar-refractivity contribution in [3.63, 3.8) is 0 Å². The molecule has 0 saturated carbocycles. The summed E-state index contributed by atoms with van der Waals surface area (Å²) in [6, 6.07) is -0.601. The number of nitrogens with zero attached hydrogens (tertiary/aromatic N) is 1. The lowest BCUT2D eigenvalue weighted by Gasteiger charge is -2.23. The number of nitrogens with two attached hydrogens (primary N) is 2. The minimum Gasteiger partial charge on any atom is -0.370 e. The number of rotatable bonds is 4. The van der Waals surface area contributed by atoms with E-state index in [4.69, 9.17) is 11.5 Å². The highest BCUT2D eigenvalue weighted by molar-refractivity contribution is 5.83. The molecule has 2 amide bonds. The van der Waals surface area contributed by atoms with Crippen molar-refractivity contribution in [1.82, 2.24) is 4.90 Å². The second-order valence-corrected chi connectivity index (χ2v) is 4.21. The van der Waals surface area contributed by atoms with Gasteiger partial charge in [-0.2, -0.15) is 0 Å². The monoisotopic (exact) mass is 213 g/mol. The standard InChI is InChI=1S/C10H19N3O2/c1-7(6-8(11)14)9(12)10(15)13-4-2-3-5-13/h7,9H,2-6,12H2,1H3,(H2,11,14)/t7?,9-/m0/s1. The van der Waals surface area contributed by atoms with Crippen molar-refractivity contribution in [2.45, 2.75) is 32.2 Å². The number of hydrogen-bond acceptors (Lipinski definition) is 3. The van der Waals surface area contributed by atoms with E-state index in [0.29, 0.717) is 0 Å². The van der Waals surface area contributed by atoms with Crippen molar-refractivity contribution in [2.75, 3.05) is 13.1 Å². The lowest BCUT2D eigenvalue weighted by atomic mass is 9.97. The first-order chi connectivity index (χ1) is 7.02. The van der Waals surface area contributed by atoms with E-state index < -0.39 is 11.9 Å². The highest BCUT2D eigenvalue weighted by Gasteiger charge is 2.28. The van der Waals surface area contributed by atoms with Gasteiger partial charge in [-0.25, -0.2) is 0 Å². The molecule has 1 aliphatic rings. The summed E-state index contributed by atoms with van der Waals surface area (Å²) in [5.74, 6) is -0.649. The smallest absolute Gasteiger partial charge is 0.239 e. The molecular formula is C10H19N3O2. The minimum absolute atomic E-state index is 0.0544. The maximum Gasteiger partial charge on any atom is 0.239 e. The summed E-state index contributed by atoms with van der Waals surface area (Å²) >= 11 is 0. The number of likely N-dealkylation sites (tertiary alicyclic amines) is 1. The molecule has 5 heteroatoms. The molecule has 0 aromatic carbocycles. The molecule has 15 heavy (non-hydrogen) atoms. The van der Waals surface area contributed by atoms with Crippen LogP contribution < -0.4 is 11.5 Å². The lowest BCUT2D eigenvalue weighted by molar-refractivity contribution is -0.132. The molecule has 4 N–H and O–H groups in total. The fourth-order valence-corrected chi connectivity index (χ4v) is 1.84. The molecule has 0 bridgehead atoms. The van der Waals surface area contributed by atoms with Crippen molar-refractivity contribution < 1.29 is 9.59 Å². The van der Waals surface area contributed by atoms with Gasteiger partial charge in [0.2, 0.25) is 11.8 Å². The van der Waals surface area contributed by atoms with E-state index in [9.17, 15) is 9.59 Å². The fourth-order valence-electron chi connectivity index (χ4n) is 1.84. The maximum absolute atomic E-state index is 11.8. The van der Waals surface area contributed by atoms with Crippen LogP contribution in [0.4, 0.5) is 0 Å². The van der Waals surface area contributed by atoms with Crippen molar-refractivity contribution in [3.8, 4) is 0 Å². The second kappa shape index (κ2) is 5.11. The van der Waals surface area contributed by atoms with Crippen LogP contribution in [0.5, 0.6) is 0 Å². The van der Waals surface area contributed by atoms with Crippen LogP contribution in [0.25, 0.3) is 0 Å². The predicted molar refractivity (Wildman–Crippen MR) is 56.8 cm³/mol. The molecule has 1 saturated heterocycles. The van der Waals surface area contributed by atoms with Crippen LogP contribution in [0, 0.1) is 5.92 Å². The molecule has 0 aliphatic carbocycles. The second-order valence-electron chi connectivity index (χ2n) is 4.21. The Kier molecular flexibility index (Phi) is 4.08. The Balaban J connectivity index is 2.47. The van der Waals surface area contributed by atoms with Gasteiger partial charge >= 0.3 is 0 Å². The number of hydrogen-bond donors (Lipinski definition) is 2. The van der Waals surface area contributed by atoms with Gasteiger partial charge in [-0.15, -0.1) is 0 Å². The summed E-state index contributed by atoms with van der Waals surface area (Å²) in [7, 11) is 0. The zero-order chi connectivity index (χ0) is 11.4. The van der Waals surface area contributed by atoms with Crippen LogP contribution in [0.15, 0.2) is 0 Å². The molecule has 86 valence electrons. The Morgan fingerprint density at radius 1 is 1.33 bits per heavy atom. The number of carbonyl (C=O) groups is 2. The summed E-state index contributed by atoms with van der Waals surface area (Å²) in [4.78, 5) is 24.3. The van der Waals surface area contributed by atoms with Crippen molar-refractivity contribution in [3.05, 3.63) is 0 Å². The Morgan fingerprint density at radius 2 is 1.87 bits per heavy atom. The summed E-state index contributed by atoms with van der Waals surface area (Å²) in [6.45, 7) is 3.36. The van der Waals surface area contributed by atoms with Gasteiger partial charge in [0.1, 0.15) is 0 Å². The van der Waals surface area contributed by atoms with E-state index in [0.717, 1.165) is 25.9 Å². The summed E-state index contributed by atoms with van der Waals surface area (Å²) in [5.41, 5.74) is 10.9. The van der Waals surface area contributed by atoms with Crippen molar-refractivity contribution >= 4 is 11.8 Å². The van der Waals surface area contributed by atoms with E-state index in [2.05, 4.69) is 0 Å². The molecule has 2 atom stereocenters. The molecule has 0 spiro atoms. The average molecular weight is 213 g/mol. The zero-order valence-corrected chi connectivity index (χ0v) is 9.11. The predicted octanol–water partition coefficient (Wildman–Crippen LogP) is -0.552. The minimum atomic E-state index is -0.601. The molecule has 1 heterocycles. The van der Waals surface area contributed by atoms with Crippen LogP contribution in [0.1, 0.15) is 26.2 Å². The Morgan fingerprint density at radius 3 is 2.33 bits per heavy atom. The van der Waals surface area contributed by atoms with Gasteiger partial charge in [0.05, 0.1) is 6.04 Å². The van der Waals surface area contributed by atoms with Crippen LogP contribution in [0.2, 0.25) is 0 Å². The number of amides is 2. The van der Waals surface area contributed by atoms with Gasteiger partial charge < -0.3 is 16.4 Å². The first-order valence-corrected chi connectivity index (χ1v) is 5.35. The Hall–Kier alpha value is -1.10. The molecule has 1 aliphatic heterocycles. The molecular weight excluding hydrogens is 194 g/mol. The molecule has 5 nitrogen and oxygen atoms in total. The summed E-state index contributed by atoms with van der Waals surface area (Å²) in [6.07, 6.45) is 2.26. The molecule has 0 radical (unpaired) electrons. The number of primary amides is 1. The summed E-state index contributed by atoms with van der Waals surface area (Å²) < 4.78 is 0. The number of carbonyl (C=O) groups excluding carboxylic acids is 2. The van der Waals surface area contributed by atoms with Crippen molar-refractivity contribution in [2.24, 2.45) is 17.4 Å². The first kappa shape index (κ1) is 12.0. The van der Waals surface area contributed by atoms with E-state index in [-0.39, 0.29) is 18.2 Å². The topological polar surface area (TPSA) is 89.4 Å². The Bertz CT molecular complexity index is 249. The van der Waals surface area contributed by atoms with Gasteiger partial charge in [0.15, 0.2) is 0 Å². The largest absolute Gasteiger partial charge is 0.370 e. The first-order valence-electron chi connectivity index (χ1n) is 5.35. The van der Waals surface area contributed by atoms with E-state index in [1.165, 1.54) is 0 Å². The normalized spacial score (nSPS) is 20.0. The molecule has 0 aromatic heterocycles. The zero-order valence-electron chi connectivity index (χ0n) is 9.11. The third kappa shape index (κ3) is 3.20. The van der Waals surface area contributed by atoms with E-state index in [1.807, 2.05) is 0 Å². The van der Waals surface area contributed by atoms with Gasteiger partial charge in [0.25, 0.3) is 0 Å². The molecule has 1 unspecified atom stereocenters. The molecule has 1 rings (SSSR count). The quantitative estimate of drug-likeness (QED) is 0.656.